The fourth-order valence-corrected chi connectivity index (χ4v) is 2.65. The summed E-state index contributed by atoms with van der Waals surface area (Å²) in [4.78, 5) is 17.3. The van der Waals surface area contributed by atoms with Gasteiger partial charge in [0.2, 0.25) is 0 Å². The number of rotatable bonds is 4. The lowest BCUT2D eigenvalue weighted by molar-refractivity contribution is 0.617. The first-order valence-corrected chi connectivity index (χ1v) is 8.11. The molecule has 0 spiro atoms. The van der Waals surface area contributed by atoms with E-state index in [1.165, 1.54) is 12.3 Å². The molecule has 8 heteroatoms. The van der Waals surface area contributed by atoms with Crippen molar-refractivity contribution in [3.05, 3.63) is 66.4 Å². The molecule has 0 saturated carbocycles. The van der Waals surface area contributed by atoms with E-state index < -0.39 is 0 Å². The highest BCUT2D eigenvalue weighted by Crippen LogP contribution is 2.24. The lowest BCUT2D eigenvalue weighted by Crippen LogP contribution is -2.11. The van der Waals surface area contributed by atoms with Gasteiger partial charge in [0.15, 0.2) is 5.82 Å². The van der Waals surface area contributed by atoms with Crippen LogP contribution in [0.25, 0.3) is 16.9 Å². The molecule has 4 heterocycles. The third kappa shape index (κ3) is 2.97. The number of halogens is 1. The van der Waals surface area contributed by atoms with Gasteiger partial charge in [-0.2, -0.15) is 5.10 Å². The van der Waals surface area contributed by atoms with Gasteiger partial charge in [-0.25, -0.2) is 18.9 Å². The second-order valence-electron chi connectivity index (χ2n) is 5.96. The van der Waals surface area contributed by atoms with Gasteiger partial charge >= 0.3 is 0 Å². The Balaban J connectivity index is 1.67. The van der Waals surface area contributed by atoms with Crippen molar-refractivity contribution >= 4 is 11.3 Å². The molecule has 0 radical (unpaired) electrons. The smallest absolute Gasteiger partial charge is 0.165 e. The number of fused-ring (bicyclic) bond motifs is 1. The molecule has 0 aromatic carbocycles. The minimum Gasteiger partial charge on any atom is -0.362 e. The molecule has 1 unspecified atom stereocenters. The molecule has 0 saturated heterocycles. The Morgan fingerprint density at radius 2 is 2.00 bits per heavy atom. The standard InChI is InChI=1S/C18H16FN7/c1-11-7-22-18(14-9-23-26-6-5-20-10-16(14)26)25-17(11)24-12(2)15-4-3-13(19)8-21-15/h3-10,12H,1-2H3,(H,22,24,25). The van der Waals surface area contributed by atoms with Crippen molar-refractivity contribution in [2.75, 3.05) is 5.32 Å². The maximum Gasteiger partial charge on any atom is 0.165 e. The van der Waals surface area contributed by atoms with Crippen molar-refractivity contribution < 1.29 is 4.39 Å². The Hall–Kier alpha value is -3.42. The molecule has 0 aliphatic carbocycles. The lowest BCUT2D eigenvalue weighted by Gasteiger charge is -2.16. The van der Waals surface area contributed by atoms with Crippen LogP contribution in [0, 0.1) is 12.7 Å². The number of anilines is 1. The molecule has 0 aliphatic heterocycles. The SMILES string of the molecule is Cc1cnc(-c2cnn3ccncc23)nc1NC(C)c1ccc(F)cn1. The summed E-state index contributed by atoms with van der Waals surface area (Å²) in [5, 5.41) is 7.61. The monoisotopic (exact) mass is 349 g/mol. The molecular formula is C18H16FN7. The topological polar surface area (TPSA) is 80.9 Å². The molecule has 4 aromatic heterocycles. The van der Waals surface area contributed by atoms with Gasteiger partial charge in [0.25, 0.3) is 0 Å². The first kappa shape index (κ1) is 16.1. The average molecular weight is 349 g/mol. The molecule has 26 heavy (non-hydrogen) atoms. The predicted molar refractivity (Wildman–Crippen MR) is 95.0 cm³/mol. The molecule has 0 fully saturated rings. The minimum absolute atomic E-state index is 0.136. The highest BCUT2D eigenvalue weighted by atomic mass is 19.1. The summed E-state index contributed by atoms with van der Waals surface area (Å²) in [6.45, 7) is 3.87. The van der Waals surface area contributed by atoms with Gasteiger partial charge in [0.1, 0.15) is 11.6 Å². The van der Waals surface area contributed by atoms with E-state index in [1.807, 2.05) is 13.8 Å². The van der Waals surface area contributed by atoms with E-state index in [1.54, 1.807) is 41.6 Å². The van der Waals surface area contributed by atoms with Crippen LogP contribution in [0.5, 0.6) is 0 Å². The third-order valence-electron chi connectivity index (χ3n) is 4.08. The van der Waals surface area contributed by atoms with E-state index in [2.05, 4.69) is 30.4 Å². The summed E-state index contributed by atoms with van der Waals surface area (Å²) in [6.07, 6.45) is 9.85. The number of nitrogens with zero attached hydrogens (tertiary/aromatic N) is 6. The van der Waals surface area contributed by atoms with Crippen LogP contribution in [0.1, 0.15) is 24.2 Å². The van der Waals surface area contributed by atoms with Crippen LogP contribution in [0.2, 0.25) is 0 Å². The number of aryl methyl sites for hydroxylation is 1. The van der Waals surface area contributed by atoms with Gasteiger partial charge in [-0.15, -0.1) is 0 Å². The van der Waals surface area contributed by atoms with Gasteiger partial charge in [0.05, 0.1) is 41.4 Å². The Morgan fingerprint density at radius 1 is 1.12 bits per heavy atom. The van der Waals surface area contributed by atoms with Gasteiger partial charge in [-0.05, 0) is 26.0 Å². The highest BCUT2D eigenvalue weighted by Gasteiger charge is 2.14. The Kier molecular flexibility index (Phi) is 4.00. The molecule has 0 aliphatic rings. The van der Waals surface area contributed by atoms with E-state index in [4.69, 9.17) is 0 Å². The third-order valence-corrected chi connectivity index (χ3v) is 4.08. The number of hydrogen-bond acceptors (Lipinski definition) is 6. The van der Waals surface area contributed by atoms with Crippen molar-refractivity contribution in [1.82, 2.24) is 29.5 Å². The zero-order valence-electron chi connectivity index (χ0n) is 14.3. The maximum absolute atomic E-state index is 13.1. The lowest BCUT2D eigenvalue weighted by atomic mass is 10.2. The number of aromatic nitrogens is 6. The van der Waals surface area contributed by atoms with Crippen molar-refractivity contribution in [3.8, 4) is 11.4 Å². The van der Waals surface area contributed by atoms with Crippen LogP contribution in [-0.2, 0) is 0 Å². The van der Waals surface area contributed by atoms with E-state index >= 15 is 0 Å². The highest BCUT2D eigenvalue weighted by molar-refractivity contribution is 5.75. The summed E-state index contributed by atoms with van der Waals surface area (Å²) in [6, 6.07) is 2.91. The second kappa shape index (κ2) is 6.47. The van der Waals surface area contributed by atoms with E-state index in [9.17, 15) is 4.39 Å². The summed E-state index contributed by atoms with van der Waals surface area (Å²) < 4.78 is 14.8. The van der Waals surface area contributed by atoms with Gasteiger partial charge in [-0.1, -0.05) is 0 Å². The van der Waals surface area contributed by atoms with Gasteiger partial charge in [-0.3, -0.25) is 9.97 Å². The van der Waals surface area contributed by atoms with Crippen molar-refractivity contribution in [2.24, 2.45) is 0 Å². The number of hydrogen-bond donors (Lipinski definition) is 1. The molecule has 4 rings (SSSR count). The predicted octanol–water partition coefficient (Wildman–Crippen LogP) is 3.20. The van der Waals surface area contributed by atoms with Crippen LogP contribution in [0.4, 0.5) is 10.2 Å². The quantitative estimate of drug-likeness (QED) is 0.609. The van der Waals surface area contributed by atoms with Crippen LogP contribution in [0.15, 0.2) is 49.3 Å². The molecule has 1 N–H and O–H groups in total. The van der Waals surface area contributed by atoms with Crippen molar-refractivity contribution in [1.29, 1.82) is 0 Å². The largest absolute Gasteiger partial charge is 0.362 e. The first-order chi connectivity index (χ1) is 12.6. The van der Waals surface area contributed by atoms with Crippen LogP contribution < -0.4 is 5.32 Å². The molecular weight excluding hydrogens is 333 g/mol. The van der Waals surface area contributed by atoms with Crippen LogP contribution >= 0.6 is 0 Å². The summed E-state index contributed by atoms with van der Waals surface area (Å²) in [5.41, 5.74) is 3.26. The van der Waals surface area contributed by atoms with E-state index in [-0.39, 0.29) is 11.9 Å². The molecule has 130 valence electrons. The van der Waals surface area contributed by atoms with Crippen molar-refractivity contribution in [3.63, 3.8) is 0 Å². The Bertz CT molecular complexity index is 1060. The Morgan fingerprint density at radius 3 is 2.81 bits per heavy atom. The molecule has 0 bridgehead atoms. The minimum atomic E-state index is -0.358. The van der Waals surface area contributed by atoms with Crippen molar-refractivity contribution in [2.45, 2.75) is 19.9 Å². The number of nitrogens with one attached hydrogen (secondary N) is 1. The van der Waals surface area contributed by atoms with Crippen LogP contribution in [-0.4, -0.2) is 29.5 Å². The molecule has 4 aromatic rings. The van der Waals surface area contributed by atoms with E-state index in [0.717, 1.165) is 22.3 Å². The van der Waals surface area contributed by atoms with Crippen LogP contribution in [0.3, 0.4) is 0 Å². The fourth-order valence-electron chi connectivity index (χ4n) is 2.65. The summed E-state index contributed by atoms with van der Waals surface area (Å²) in [7, 11) is 0. The summed E-state index contributed by atoms with van der Waals surface area (Å²) in [5.74, 6) is 0.889. The number of pyridine rings is 1. The van der Waals surface area contributed by atoms with Gasteiger partial charge in [0, 0.05) is 24.2 Å². The summed E-state index contributed by atoms with van der Waals surface area (Å²) >= 11 is 0. The zero-order chi connectivity index (χ0) is 18.1. The zero-order valence-corrected chi connectivity index (χ0v) is 14.3. The van der Waals surface area contributed by atoms with E-state index in [0.29, 0.717) is 11.6 Å². The molecule has 7 nitrogen and oxygen atoms in total. The molecule has 1 atom stereocenters. The normalized spacial score (nSPS) is 12.3. The van der Waals surface area contributed by atoms with Gasteiger partial charge < -0.3 is 5.32 Å². The molecule has 0 amide bonds. The first-order valence-electron chi connectivity index (χ1n) is 8.11. The Labute approximate surface area is 149 Å². The maximum atomic E-state index is 13.1. The second-order valence-corrected chi connectivity index (χ2v) is 5.96. The fraction of sp³-hybridized carbons (Fsp3) is 0.167. The average Bonchev–Trinajstić information content (AvgIpc) is 3.08.